The number of amides is 1. The fourth-order valence-corrected chi connectivity index (χ4v) is 2.45. The number of benzene rings is 1. The van der Waals surface area contributed by atoms with Gasteiger partial charge < -0.3 is 15.0 Å². The molecule has 0 saturated carbocycles. The summed E-state index contributed by atoms with van der Waals surface area (Å²) >= 11 is 0. The minimum absolute atomic E-state index is 0.0510. The first-order chi connectivity index (χ1) is 9.58. The number of piperidine rings is 1. The van der Waals surface area contributed by atoms with Crippen LogP contribution >= 0.6 is 0 Å². The quantitative estimate of drug-likeness (QED) is 0.913. The Morgan fingerprint density at radius 3 is 2.65 bits per heavy atom. The molecule has 1 heterocycles. The van der Waals surface area contributed by atoms with Crippen LogP contribution in [0.15, 0.2) is 18.2 Å². The molecule has 1 amide bonds. The molecule has 0 atom stereocenters. The van der Waals surface area contributed by atoms with E-state index in [4.69, 9.17) is 4.74 Å². The maximum absolute atomic E-state index is 12.1. The van der Waals surface area contributed by atoms with Crippen LogP contribution in [0.25, 0.3) is 0 Å². The highest BCUT2D eigenvalue weighted by Crippen LogP contribution is 2.17. The fraction of sp³-hybridized carbons (Fsp3) is 0.562. The zero-order chi connectivity index (χ0) is 14.5. The molecule has 0 radical (unpaired) electrons. The number of nitrogens with one attached hydrogen (secondary N) is 1. The summed E-state index contributed by atoms with van der Waals surface area (Å²) in [6.45, 7) is 6.20. The smallest absolute Gasteiger partial charge is 0.260 e. The highest BCUT2D eigenvalue weighted by molar-refractivity contribution is 5.77. The van der Waals surface area contributed by atoms with Crippen LogP contribution in [-0.4, -0.2) is 43.6 Å². The number of rotatable bonds is 4. The van der Waals surface area contributed by atoms with Gasteiger partial charge in [-0.15, -0.1) is 0 Å². The predicted molar refractivity (Wildman–Crippen MR) is 80.1 cm³/mol. The molecule has 4 heteroatoms. The van der Waals surface area contributed by atoms with Crippen LogP contribution in [-0.2, 0) is 4.79 Å². The van der Waals surface area contributed by atoms with Gasteiger partial charge in [-0.05, 0) is 63.0 Å². The summed E-state index contributed by atoms with van der Waals surface area (Å²) in [7, 11) is 1.88. The van der Waals surface area contributed by atoms with E-state index in [0.717, 1.165) is 31.7 Å². The van der Waals surface area contributed by atoms with Gasteiger partial charge in [0.1, 0.15) is 5.75 Å². The van der Waals surface area contributed by atoms with Crippen LogP contribution in [0.4, 0.5) is 0 Å². The molecular formula is C16H24N2O2. The second kappa shape index (κ2) is 6.75. The van der Waals surface area contributed by atoms with E-state index < -0.39 is 0 Å². The van der Waals surface area contributed by atoms with Gasteiger partial charge in [0.25, 0.3) is 5.91 Å². The lowest BCUT2D eigenvalue weighted by molar-refractivity contribution is -0.134. The summed E-state index contributed by atoms with van der Waals surface area (Å²) in [5.41, 5.74) is 2.41. The van der Waals surface area contributed by atoms with E-state index >= 15 is 0 Å². The monoisotopic (exact) mass is 276 g/mol. The molecule has 1 N–H and O–H groups in total. The summed E-state index contributed by atoms with van der Waals surface area (Å²) in [6.07, 6.45) is 2.04. The van der Waals surface area contributed by atoms with E-state index in [9.17, 15) is 4.79 Å². The number of aryl methyl sites for hydroxylation is 2. The molecule has 4 nitrogen and oxygen atoms in total. The van der Waals surface area contributed by atoms with Crippen molar-refractivity contribution in [3.05, 3.63) is 29.3 Å². The van der Waals surface area contributed by atoms with Crippen LogP contribution in [0.3, 0.4) is 0 Å². The zero-order valence-electron chi connectivity index (χ0n) is 12.6. The molecule has 2 rings (SSSR count). The molecule has 1 aliphatic rings. The Hall–Kier alpha value is -1.55. The van der Waals surface area contributed by atoms with E-state index in [-0.39, 0.29) is 12.5 Å². The lowest BCUT2D eigenvalue weighted by Gasteiger charge is -2.31. The maximum Gasteiger partial charge on any atom is 0.260 e. The van der Waals surface area contributed by atoms with Gasteiger partial charge in [-0.1, -0.05) is 6.07 Å². The number of likely N-dealkylation sites (N-methyl/N-ethyl adjacent to an activating group) is 1. The predicted octanol–water partition coefficient (Wildman–Crippen LogP) is 1.89. The van der Waals surface area contributed by atoms with E-state index in [1.807, 2.05) is 37.1 Å². The van der Waals surface area contributed by atoms with Gasteiger partial charge in [0.2, 0.25) is 0 Å². The Kier molecular flexibility index (Phi) is 5.01. The number of ether oxygens (including phenoxy) is 1. The van der Waals surface area contributed by atoms with Gasteiger partial charge in [-0.3, -0.25) is 4.79 Å². The molecule has 1 saturated heterocycles. The minimum Gasteiger partial charge on any atom is -0.484 e. The third-order valence-electron chi connectivity index (χ3n) is 4.09. The average molecular weight is 276 g/mol. The number of carbonyl (C=O) groups is 1. The third kappa shape index (κ3) is 3.73. The summed E-state index contributed by atoms with van der Waals surface area (Å²) < 4.78 is 5.61. The number of hydrogen-bond donors (Lipinski definition) is 1. The summed E-state index contributed by atoms with van der Waals surface area (Å²) in [6, 6.07) is 6.26. The molecule has 1 fully saturated rings. The van der Waals surface area contributed by atoms with Crippen molar-refractivity contribution in [3.63, 3.8) is 0 Å². The number of nitrogens with zero attached hydrogens (tertiary/aromatic N) is 1. The molecule has 1 aromatic rings. The fourth-order valence-electron chi connectivity index (χ4n) is 2.45. The zero-order valence-corrected chi connectivity index (χ0v) is 12.6. The van der Waals surface area contributed by atoms with Crippen LogP contribution in [0.2, 0.25) is 0 Å². The van der Waals surface area contributed by atoms with Crippen LogP contribution in [0.5, 0.6) is 5.75 Å². The first-order valence-electron chi connectivity index (χ1n) is 7.24. The summed E-state index contributed by atoms with van der Waals surface area (Å²) in [4.78, 5) is 14.0. The molecule has 0 aromatic heterocycles. The van der Waals surface area contributed by atoms with Gasteiger partial charge in [-0.2, -0.15) is 0 Å². The Bertz CT molecular complexity index is 468. The van der Waals surface area contributed by atoms with Crippen molar-refractivity contribution in [2.75, 3.05) is 26.7 Å². The third-order valence-corrected chi connectivity index (χ3v) is 4.09. The first-order valence-corrected chi connectivity index (χ1v) is 7.24. The van der Waals surface area contributed by atoms with E-state index in [2.05, 4.69) is 12.2 Å². The Labute approximate surface area is 121 Å². The Morgan fingerprint density at radius 2 is 2.00 bits per heavy atom. The molecular weight excluding hydrogens is 252 g/mol. The van der Waals surface area contributed by atoms with Crippen molar-refractivity contribution in [1.29, 1.82) is 0 Å². The van der Waals surface area contributed by atoms with Crippen LogP contribution in [0, 0.1) is 13.8 Å². The normalized spacial score (nSPS) is 15.9. The Morgan fingerprint density at radius 1 is 1.30 bits per heavy atom. The number of carbonyl (C=O) groups excluding carboxylic acids is 1. The van der Waals surface area contributed by atoms with Crippen molar-refractivity contribution < 1.29 is 9.53 Å². The van der Waals surface area contributed by atoms with Crippen molar-refractivity contribution in [3.8, 4) is 5.75 Å². The highest BCUT2D eigenvalue weighted by atomic mass is 16.5. The lowest BCUT2D eigenvalue weighted by atomic mass is 10.1. The Balaban J connectivity index is 1.86. The standard InChI is InChI=1S/C16H24N2O2/c1-12-4-5-15(10-13(12)2)20-11-16(19)18(3)14-6-8-17-9-7-14/h4-5,10,14,17H,6-9,11H2,1-3H3. The van der Waals surface area contributed by atoms with Crippen molar-refractivity contribution in [2.45, 2.75) is 32.7 Å². The minimum atomic E-state index is 0.0510. The van der Waals surface area contributed by atoms with Crippen molar-refractivity contribution in [1.82, 2.24) is 10.2 Å². The van der Waals surface area contributed by atoms with Crippen LogP contribution in [0.1, 0.15) is 24.0 Å². The van der Waals surface area contributed by atoms with Gasteiger partial charge in [-0.25, -0.2) is 0 Å². The molecule has 1 aromatic carbocycles. The topological polar surface area (TPSA) is 41.6 Å². The molecule has 0 aliphatic carbocycles. The SMILES string of the molecule is Cc1ccc(OCC(=O)N(C)C2CCNCC2)cc1C. The second-order valence-corrected chi connectivity index (χ2v) is 5.52. The highest BCUT2D eigenvalue weighted by Gasteiger charge is 2.21. The maximum atomic E-state index is 12.1. The van der Waals surface area contributed by atoms with Gasteiger partial charge in [0, 0.05) is 13.1 Å². The van der Waals surface area contributed by atoms with E-state index in [1.54, 1.807) is 0 Å². The summed E-state index contributed by atoms with van der Waals surface area (Å²) in [5.74, 6) is 0.815. The van der Waals surface area contributed by atoms with Gasteiger partial charge in [0.05, 0.1) is 0 Å². The first kappa shape index (κ1) is 14.9. The van der Waals surface area contributed by atoms with Gasteiger partial charge in [0.15, 0.2) is 6.61 Å². The van der Waals surface area contributed by atoms with Crippen molar-refractivity contribution >= 4 is 5.91 Å². The lowest BCUT2D eigenvalue weighted by Crippen LogP contribution is -2.45. The molecule has 0 unspecified atom stereocenters. The second-order valence-electron chi connectivity index (χ2n) is 5.52. The molecule has 110 valence electrons. The largest absolute Gasteiger partial charge is 0.484 e. The molecule has 20 heavy (non-hydrogen) atoms. The van der Waals surface area contributed by atoms with Crippen molar-refractivity contribution in [2.24, 2.45) is 0 Å². The molecule has 0 bridgehead atoms. The van der Waals surface area contributed by atoms with Gasteiger partial charge >= 0.3 is 0 Å². The van der Waals surface area contributed by atoms with E-state index in [0.29, 0.717) is 6.04 Å². The molecule has 0 spiro atoms. The summed E-state index contributed by atoms with van der Waals surface area (Å²) in [5, 5.41) is 3.31. The average Bonchev–Trinajstić information content (AvgIpc) is 2.48. The number of hydrogen-bond acceptors (Lipinski definition) is 3. The molecule has 1 aliphatic heterocycles. The van der Waals surface area contributed by atoms with Crippen LogP contribution < -0.4 is 10.1 Å². The van der Waals surface area contributed by atoms with E-state index in [1.165, 1.54) is 11.1 Å².